The Labute approximate surface area is 77.0 Å². The van der Waals surface area contributed by atoms with Crippen LogP contribution in [0, 0.1) is 0 Å². The molecule has 4 nitrogen and oxygen atoms in total. The molecule has 1 amide bonds. The van der Waals surface area contributed by atoms with Gasteiger partial charge in [0.1, 0.15) is 5.82 Å². The van der Waals surface area contributed by atoms with E-state index in [-0.39, 0.29) is 5.91 Å². The van der Waals surface area contributed by atoms with Crippen LogP contribution in [0.4, 0.5) is 0 Å². The molecule has 4 heteroatoms. The molecular weight excluding hydrogens is 166 g/mol. The molecule has 0 atom stereocenters. The first-order valence-electron chi connectivity index (χ1n) is 4.58. The van der Waals surface area contributed by atoms with Gasteiger partial charge >= 0.3 is 0 Å². The molecule has 1 aliphatic heterocycles. The second kappa shape index (κ2) is 3.20. The van der Waals surface area contributed by atoms with E-state index in [9.17, 15) is 4.79 Å². The lowest BCUT2D eigenvalue weighted by Gasteiger charge is -2.38. The van der Waals surface area contributed by atoms with Crippen molar-refractivity contribution < 1.29 is 4.79 Å². The smallest absolute Gasteiger partial charge is 0.222 e. The second-order valence-corrected chi connectivity index (χ2v) is 3.32. The van der Waals surface area contributed by atoms with Crippen LogP contribution < -0.4 is 0 Å². The number of hydrogen-bond acceptors (Lipinski definition) is 2. The molecule has 0 saturated carbocycles. The number of nitrogens with one attached hydrogen (secondary N) is 1. The van der Waals surface area contributed by atoms with Gasteiger partial charge in [0.2, 0.25) is 5.91 Å². The van der Waals surface area contributed by atoms with Crippen molar-refractivity contribution in [3.63, 3.8) is 0 Å². The minimum Gasteiger partial charge on any atom is -0.348 e. The summed E-state index contributed by atoms with van der Waals surface area (Å²) in [6.07, 6.45) is 4.17. The normalized spacial score (nSPS) is 17.2. The Kier molecular flexibility index (Phi) is 2.04. The van der Waals surface area contributed by atoms with E-state index in [0.717, 1.165) is 18.9 Å². The summed E-state index contributed by atoms with van der Waals surface area (Å²) in [6.45, 7) is 3.53. The van der Waals surface area contributed by atoms with Crippen LogP contribution in [0.25, 0.3) is 0 Å². The van der Waals surface area contributed by atoms with Gasteiger partial charge in [-0.25, -0.2) is 4.98 Å². The molecule has 2 heterocycles. The lowest BCUT2D eigenvalue weighted by molar-refractivity contribution is -0.135. The number of likely N-dealkylation sites (tertiary alicyclic amines) is 1. The lowest BCUT2D eigenvalue weighted by atomic mass is 9.99. The van der Waals surface area contributed by atoms with Gasteiger partial charge in [0.25, 0.3) is 0 Å². The number of hydrogen-bond donors (Lipinski definition) is 1. The Hall–Kier alpha value is -1.32. The molecule has 0 unspecified atom stereocenters. The summed E-state index contributed by atoms with van der Waals surface area (Å²) in [7, 11) is 0. The molecule has 1 fully saturated rings. The third-order valence-corrected chi connectivity index (χ3v) is 2.44. The highest BCUT2D eigenvalue weighted by molar-refractivity contribution is 5.76. The number of amides is 1. The predicted molar refractivity (Wildman–Crippen MR) is 48.2 cm³/mol. The van der Waals surface area contributed by atoms with Crippen molar-refractivity contribution in [1.29, 1.82) is 0 Å². The number of aromatic nitrogens is 2. The van der Waals surface area contributed by atoms with Crippen LogP contribution in [-0.2, 0) is 4.79 Å². The molecular formula is C9H13N3O. The Morgan fingerprint density at radius 2 is 2.54 bits per heavy atom. The Morgan fingerprint density at radius 3 is 3.08 bits per heavy atom. The van der Waals surface area contributed by atoms with Gasteiger partial charge in [0.15, 0.2) is 0 Å². The van der Waals surface area contributed by atoms with Crippen molar-refractivity contribution in [2.75, 3.05) is 13.1 Å². The molecule has 70 valence electrons. The van der Waals surface area contributed by atoms with Crippen molar-refractivity contribution >= 4 is 5.91 Å². The van der Waals surface area contributed by atoms with Gasteiger partial charge in [-0.3, -0.25) is 4.79 Å². The second-order valence-electron chi connectivity index (χ2n) is 3.32. The fourth-order valence-corrected chi connectivity index (χ4v) is 1.58. The predicted octanol–water partition coefficient (Wildman–Crippen LogP) is 0.745. The number of aromatic amines is 1. The maximum atomic E-state index is 11.2. The van der Waals surface area contributed by atoms with E-state index in [2.05, 4.69) is 9.97 Å². The van der Waals surface area contributed by atoms with Crippen LogP contribution in [0.3, 0.4) is 0 Å². The summed E-state index contributed by atoms with van der Waals surface area (Å²) < 4.78 is 0. The van der Waals surface area contributed by atoms with Crippen LogP contribution in [0.2, 0.25) is 0 Å². The maximum absolute atomic E-state index is 11.2. The molecule has 2 rings (SSSR count). The van der Waals surface area contributed by atoms with Gasteiger partial charge in [-0.2, -0.15) is 0 Å². The summed E-state index contributed by atoms with van der Waals surface area (Å²) in [5.41, 5.74) is 0. The molecule has 0 spiro atoms. The molecule has 1 aromatic rings. The first-order chi connectivity index (χ1) is 6.31. The van der Waals surface area contributed by atoms with E-state index in [1.54, 1.807) is 6.20 Å². The van der Waals surface area contributed by atoms with Crippen molar-refractivity contribution in [3.8, 4) is 0 Å². The average Bonchev–Trinajstić information content (AvgIpc) is 2.54. The van der Waals surface area contributed by atoms with Crippen LogP contribution in [0.1, 0.15) is 25.1 Å². The van der Waals surface area contributed by atoms with E-state index in [4.69, 9.17) is 0 Å². The summed E-state index contributed by atoms with van der Waals surface area (Å²) in [5.74, 6) is 1.66. The van der Waals surface area contributed by atoms with Crippen LogP contribution in [0.15, 0.2) is 12.4 Å². The standard InChI is InChI=1S/C9H13N3O/c1-2-8(13)12-5-7(6-12)9-10-3-4-11-9/h3-4,7H,2,5-6H2,1H3,(H,10,11). The minimum atomic E-state index is 0.239. The number of H-pyrrole nitrogens is 1. The van der Waals surface area contributed by atoms with Gasteiger partial charge < -0.3 is 9.88 Å². The average molecular weight is 179 g/mol. The quantitative estimate of drug-likeness (QED) is 0.728. The van der Waals surface area contributed by atoms with Crippen molar-refractivity contribution in [1.82, 2.24) is 14.9 Å². The molecule has 1 saturated heterocycles. The highest BCUT2D eigenvalue weighted by Gasteiger charge is 2.32. The maximum Gasteiger partial charge on any atom is 0.222 e. The molecule has 1 aliphatic rings. The molecule has 0 aromatic carbocycles. The Balaban J connectivity index is 1.89. The Bertz CT molecular complexity index is 288. The first kappa shape index (κ1) is 8.29. The third kappa shape index (κ3) is 1.43. The largest absolute Gasteiger partial charge is 0.348 e. The van der Waals surface area contributed by atoms with Crippen molar-refractivity contribution in [2.24, 2.45) is 0 Å². The van der Waals surface area contributed by atoms with E-state index in [1.807, 2.05) is 18.0 Å². The molecule has 1 aromatic heterocycles. The van der Waals surface area contributed by atoms with E-state index >= 15 is 0 Å². The summed E-state index contributed by atoms with van der Waals surface area (Å²) in [4.78, 5) is 20.3. The summed E-state index contributed by atoms with van der Waals surface area (Å²) >= 11 is 0. The highest BCUT2D eigenvalue weighted by Crippen LogP contribution is 2.24. The SMILES string of the molecule is CCC(=O)N1CC(c2ncc[nH]2)C1. The zero-order valence-corrected chi connectivity index (χ0v) is 7.66. The number of carbonyl (C=O) groups is 1. The fraction of sp³-hybridized carbons (Fsp3) is 0.556. The molecule has 1 N–H and O–H groups in total. The zero-order valence-electron chi connectivity index (χ0n) is 7.66. The monoisotopic (exact) mass is 179 g/mol. The molecule has 0 aliphatic carbocycles. The molecule has 0 radical (unpaired) electrons. The van der Waals surface area contributed by atoms with E-state index in [0.29, 0.717) is 12.3 Å². The van der Waals surface area contributed by atoms with Crippen LogP contribution in [0.5, 0.6) is 0 Å². The number of nitrogens with zero attached hydrogens (tertiary/aromatic N) is 2. The van der Waals surface area contributed by atoms with Crippen LogP contribution in [-0.4, -0.2) is 33.9 Å². The number of imidazole rings is 1. The van der Waals surface area contributed by atoms with E-state index < -0.39 is 0 Å². The highest BCUT2D eigenvalue weighted by atomic mass is 16.2. The first-order valence-corrected chi connectivity index (χ1v) is 4.58. The van der Waals surface area contributed by atoms with Gasteiger partial charge in [0.05, 0.1) is 5.92 Å². The van der Waals surface area contributed by atoms with Gasteiger partial charge in [-0.15, -0.1) is 0 Å². The fourth-order valence-electron chi connectivity index (χ4n) is 1.58. The zero-order chi connectivity index (χ0) is 9.26. The third-order valence-electron chi connectivity index (χ3n) is 2.44. The number of rotatable bonds is 2. The van der Waals surface area contributed by atoms with Crippen molar-refractivity contribution in [2.45, 2.75) is 19.3 Å². The summed E-state index contributed by atoms with van der Waals surface area (Å²) in [6, 6.07) is 0. The van der Waals surface area contributed by atoms with Crippen LogP contribution >= 0.6 is 0 Å². The number of carbonyl (C=O) groups excluding carboxylic acids is 1. The van der Waals surface area contributed by atoms with Gasteiger partial charge in [-0.05, 0) is 0 Å². The van der Waals surface area contributed by atoms with Crippen molar-refractivity contribution in [3.05, 3.63) is 18.2 Å². The topological polar surface area (TPSA) is 49.0 Å². The molecule has 0 bridgehead atoms. The van der Waals surface area contributed by atoms with Gasteiger partial charge in [-0.1, -0.05) is 6.92 Å². The Morgan fingerprint density at radius 1 is 1.77 bits per heavy atom. The minimum absolute atomic E-state index is 0.239. The lowest BCUT2D eigenvalue weighted by Crippen LogP contribution is -2.48. The summed E-state index contributed by atoms with van der Waals surface area (Å²) in [5, 5.41) is 0. The van der Waals surface area contributed by atoms with E-state index in [1.165, 1.54) is 0 Å². The van der Waals surface area contributed by atoms with Gasteiger partial charge in [0, 0.05) is 31.9 Å². The molecule has 13 heavy (non-hydrogen) atoms.